The number of nitrogens with one attached hydrogen (secondary N) is 1. The van der Waals surface area contributed by atoms with Gasteiger partial charge in [-0.05, 0) is 47.9 Å². The van der Waals surface area contributed by atoms with Gasteiger partial charge in [-0.3, -0.25) is 0 Å². The van der Waals surface area contributed by atoms with Crippen molar-refractivity contribution in [2.24, 2.45) is 5.10 Å². The molecule has 4 rings (SSSR count). The second-order valence-electron chi connectivity index (χ2n) is 7.26. The second-order valence-corrected chi connectivity index (χ2v) is 7.70. The quantitative estimate of drug-likeness (QED) is 0.572. The van der Waals surface area contributed by atoms with E-state index >= 15 is 0 Å². The van der Waals surface area contributed by atoms with Crippen molar-refractivity contribution < 1.29 is 9.18 Å². The minimum absolute atomic E-state index is 0.155. The largest absolute Gasteiger partial charge is 0.338 e. The molecule has 3 aromatic rings. The number of benzene rings is 3. The lowest BCUT2D eigenvalue weighted by Crippen LogP contribution is -2.37. The summed E-state index contributed by atoms with van der Waals surface area (Å²) < 4.78 is 13.4. The molecule has 0 radical (unpaired) electrons. The van der Waals surface area contributed by atoms with Gasteiger partial charge in [-0.15, -0.1) is 0 Å². The Hall–Kier alpha value is -3.18. The maximum absolute atomic E-state index is 13.4. The normalized spacial score (nSPS) is 16.8. The molecule has 1 N–H and O–H groups in total. The van der Waals surface area contributed by atoms with Gasteiger partial charge in [0.1, 0.15) is 5.82 Å². The molecule has 3 aromatic carbocycles. The molecule has 0 bridgehead atoms. The third kappa shape index (κ3) is 4.36. The first-order valence-electron chi connectivity index (χ1n) is 9.74. The van der Waals surface area contributed by atoms with Gasteiger partial charge in [0.15, 0.2) is 0 Å². The lowest BCUT2D eigenvalue weighted by Gasteiger charge is -2.19. The van der Waals surface area contributed by atoms with Gasteiger partial charge in [-0.1, -0.05) is 66.2 Å². The Morgan fingerprint density at radius 2 is 1.73 bits per heavy atom. The fourth-order valence-corrected chi connectivity index (χ4v) is 3.68. The van der Waals surface area contributed by atoms with Crippen LogP contribution in [0, 0.1) is 5.82 Å². The van der Waals surface area contributed by atoms with Crippen LogP contribution in [0.1, 0.15) is 35.6 Å². The van der Waals surface area contributed by atoms with Gasteiger partial charge in [0.2, 0.25) is 0 Å². The van der Waals surface area contributed by atoms with Crippen LogP contribution < -0.4 is 5.32 Å². The Bertz CT molecular complexity index is 1050. The Labute approximate surface area is 180 Å². The molecule has 1 heterocycles. The summed E-state index contributed by atoms with van der Waals surface area (Å²) in [5, 5.41) is 9.68. The predicted molar refractivity (Wildman–Crippen MR) is 117 cm³/mol. The maximum atomic E-state index is 13.4. The number of urea groups is 1. The summed E-state index contributed by atoms with van der Waals surface area (Å²) in [5.74, 6) is -0.461. The number of rotatable bonds is 4. The molecule has 0 fully saturated rings. The second kappa shape index (κ2) is 8.67. The third-order valence-corrected chi connectivity index (χ3v) is 5.45. The molecule has 2 atom stereocenters. The van der Waals surface area contributed by atoms with E-state index in [1.807, 2.05) is 49.4 Å². The van der Waals surface area contributed by atoms with Crippen molar-refractivity contribution in [2.45, 2.75) is 18.9 Å². The van der Waals surface area contributed by atoms with Gasteiger partial charge in [0.25, 0.3) is 0 Å². The molecular weight excluding hydrogens is 401 g/mol. The number of hydrogen-bond donors (Lipinski definition) is 1. The Kier molecular flexibility index (Phi) is 5.81. The summed E-state index contributed by atoms with van der Waals surface area (Å²) in [6, 6.07) is 23.0. The SMILES string of the molecule is CC(NC(=O)N1CC(c2ccc(F)cc2)C(c2ccc(Cl)cc2)=N1)c1ccccc1. The van der Waals surface area contributed by atoms with E-state index in [9.17, 15) is 9.18 Å². The zero-order chi connectivity index (χ0) is 21.1. The molecule has 0 spiro atoms. The van der Waals surface area contributed by atoms with Crippen LogP contribution in [0.3, 0.4) is 0 Å². The molecule has 0 saturated carbocycles. The topological polar surface area (TPSA) is 44.7 Å². The average molecular weight is 422 g/mol. The maximum Gasteiger partial charge on any atom is 0.338 e. The van der Waals surface area contributed by atoms with Crippen LogP contribution in [0.5, 0.6) is 0 Å². The summed E-state index contributed by atoms with van der Waals surface area (Å²) in [7, 11) is 0. The molecular formula is C24H21ClFN3O. The first-order valence-corrected chi connectivity index (χ1v) is 10.1. The zero-order valence-corrected chi connectivity index (χ0v) is 17.2. The lowest BCUT2D eigenvalue weighted by molar-refractivity contribution is 0.200. The Morgan fingerprint density at radius 3 is 2.40 bits per heavy atom. The van der Waals surface area contributed by atoms with Gasteiger partial charge in [0, 0.05) is 10.9 Å². The van der Waals surface area contributed by atoms with Crippen molar-refractivity contribution in [3.05, 3.63) is 106 Å². The van der Waals surface area contributed by atoms with Crippen molar-refractivity contribution in [3.63, 3.8) is 0 Å². The molecule has 1 aliphatic heterocycles. The smallest absolute Gasteiger partial charge is 0.330 e. The van der Waals surface area contributed by atoms with E-state index in [1.54, 1.807) is 24.3 Å². The highest BCUT2D eigenvalue weighted by Crippen LogP contribution is 2.30. The van der Waals surface area contributed by atoms with E-state index in [1.165, 1.54) is 17.1 Å². The number of nitrogens with zero attached hydrogens (tertiary/aromatic N) is 2. The monoisotopic (exact) mass is 421 g/mol. The van der Waals surface area contributed by atoms with Crippen molar-refractivity contribution in [1.29, 1.82) is 0 Å². The van der Waals surface area contributed by atoms with Crippen LogP contribution >= 0.6 is 11.6 Å². The number of halogens is 2. The molecule has 1 aliphatic rings. The summed E-state index contributed by atoms with van der Waals surface area (Å²) in [6.45, 7) is 2.31. The standard InChI is InChI=1S/C24H21ClFN3O/c1-16(17-5-3-2-4-6-17)27-24(30)29-15-22(18-9-13-21(26)14-10-18)23(28-29)19-7-11-20(25)12-8-19/h2-14,16,22H,15H2,1H3,(H,27,30). The molecule has 6 heteroatoms. The van der Waals surface area contributed by atoms with Crippen LogP contribution in [0.4, 0.5) is 9.18 Å². The molecule has 2 amide bonds. The fraction of sp³-hybridized carbons (Fsp3) is 0.167. The first-order chi connectivity index (χ1) is 14.5. The molecule has 152 valence electrons. The molecule has 30 heavy (non-hydrogen) atoms. The van der Waals surface area contributed by atoms with Crippen molar-refractivity contribution in [2.75, 3.05) is 6.54 Å². The van der Waals surface area contributed by atoms with E-state index in [0.717, 1.165) is 22.4 Å². The van der Waals surface area contributed by atoms with Gasteiger partial charge in [-0.2, -0.15) is 5.10 Å². The number of hydrogen-bond acceptors (Lipinski definition) is 2. The van der Waals surface area contributed by atoms with Crippen LogP contribution in [0.15, 0.2) is 84.0 Å². The zero-order valence-electron chi connectivity index (χ0n) is 16.4. The first kappa shape index (κ1) is 20.1. The Morgan fingerprint density at radius 1 is 1.07 bits per heavy atom. The molecule has 0 saturated heterocycles. The van der Waals surface area contributed by atoms with Gasteiger partial charge in [-0.25, -0.2) is 14.2 Å². The van der Waals surface area contributed by atoms with Crippen molar-refractivity contribution in [3.8, 4) is 0 Å². The summed E-state index contributed by atoms with van der Waals surface area (Å²) >= 11 is 6.03. The van der Waals surface area contributed by atoms with E-state index < -0.39 is 0 Å². The fourth-order valence-electron chi connectivity index (χ4n) is 3.55. The highest BCUT2D eigenvalue weighted by atomic mass is 35.5. The average Bonchev–Trinajstić information content (AvgIpc) is 3.21. The van der Waals surface area contributed by atoms with E-state index in [4.69, 9.17) is 11.6 Å². The summed E-state index contributed by atoms with van der Waals surface area (Å²) in [4.78, 5) is 12.9. The predicted octanol–water partition coefficient (Wildman–Crippen LogP) is 5.75. The highest BCUT2D eigenvalue weighted by Gasteiger charge is 2.32. The molecule has 2 unspecified atom stereocenters. The van der Waals surface area contributed by atoms with Gasteiger partial charge < -0.3 is 5.32 Å². The minimum atomic E-state index is -0.298. The molecule has 0 aliphatic carbocycles. The Balaban J connectivity index is 1.60. The van der Waals surface area contributed by atoms with Crippen LogP contribution in [-0.2, 0) is 0 Å². The lowest BCUT2D eigenvalue weighted by atomic mass is 9.90. The molecule has 0 aromatic heterocycles. The van der Waals surface area contributed by atoms with E-state index in [-0.39, 0.29) is 23.8 Å². The van der Waals surface area contributed by atoms with Crippen molar-refractivity contribution >= 4 is 23.3 Å². The number of carbonyl (C=O) groups excluding carboxylic acids is 1. The van der Waals surface area contributed by atoms with Gasteiger partial charge >= 0.3 is 6.03 Å². The van der Waals surface area contributed by atoms with Crippen LogP contribution in [0.25, 0.3) is 0 Å². The van der Waals surface area contributed by atoms with Crippen LogP contribution in [-0.4, -0.2) is 23.3 Å². The summed E-state index contributed by atoms with van der Waals surface area (Å²) in [5.41, 5.74) is 3.54. The molecule has 4 nitrogen and oxygen atoms in total. The van der Waals surface area contributed by atoms with Crippen LogP contribution in [0.2, 0.25) is 5.02 Å². The third-order valence-electron chi connectivity index (χ3n) is 5.20. The van der Waals surface area contributed by atoms with E-state index in [0.29, 0.717) is 11.6 Å². The number of hydrazone groups is 1. The number of amides is 2. The highest BCUT2D eigenvalue weighted by molar-refractivity contribution is 6.30. The van der Waals surface area contributed by atoms with Gasteiger partial charge in [0.05, 0.1) is 18.3 Å². The number of carbonyl (C=O) groups is 1. The van der Waals surface area contributed by atoms with E-state index in [2.05, 4.69) is 10.4 Å². The summed E-state index contributed by atoms with van der Waals surface area (Å²) in [6.07, 6.45) is 0. The minimum Gasteiger partial charge on any atom is -0.330 e. The van der Waals surface area contributed by atoms with Crippen molar-refractivity contribution in [1.82, 2.24) is 10.3 Å².